The van der Waals surface area contributed by atoms with Gasteiger partial charge in [-0.3, -0.25) is 9.59 Å². The Balaban J connectivity index is 1.31. The van der Waals surface area contributed by atoms with Crippen molar-refractivity contribution in [3.8, 4) is 5.75 Å². The van der Waals surface area contributed by atoms with Crippen molar-refractivity contribution in [1.29, 1.82) is 0 Å². The maximum absolute atomic E-state index is 12.7. The molecule has 1 aliphatic carbocycles. The Morgan fingerprint density at radius 1 is 0.852 bits per heavy atom. The third-order valence-corrected chi connectivity index (χ3v) is 5.41. The second kappa shape index (κ2) is 7.86. The number of nitrogens with one attached hydrogen (secondary N) is 1. The molecule has 0 unspecified atom stereocenters. The molecule has 1 aromatic heterocycles. The zero-order chi connectivity index (χ0) is 18.6. The molecule has 2 heterocycles. The number of carbonyl (C=O) groups excluding carboxylic acids is 2. The number of H-pyrrole nitrogens is 1. The minimum absolute atomic E-state index is 0.0103. The lowest BCUT2D eigenvalue weighted by molar-refractivity contribution is 0.0535. The number of ether oxygens (including phenoxy) is 1. The number of amides is 2. The normalized spacial score (nSPS) is 17.9. The van der Waals surface area contributed by atoms with Gasteiger partial charge in [0.05, 0.1) is 11.7 Å². The molecule has 2 aliphatic rings. The number of benzene rings is 1. The van der Waals surface area contributed by atoms with Crippen LogP contribution in [0.4, 0.5) is 0 Å². The van der Waals surface area contributed by atoms with Crippen LogP contribution in [0.2, 0.25) is 0 Å². The smallest absolute Gasteiger partial charge is 0.255 e. The number of rotatable bonds is 4. The molecule has 4 rings (SSSR count). The van der Waals surface area contributed by atoms with E-state index >= 15 is 0 Å². The van der Waals surface area contributed by atoms with Crippen molar-refractivity contribution in [3.05, 3.63) is 53.9 Å². The van der Waals surface area contributed by atoms with Gasteiger partial charge in [-0.15, -0.1) is 0 Å². The number of aromatic amines is 1. The third kappa shape index (κ3) is 3.99. The van der Waals surface area contributed by atoms with Gasteiger partial charge >= 0.3 is 0 Å². The summed E-state index contributed by atoms with van der Waals surface area (Å²) in [5.41, 5.74) is 1.33. The van der Waals surface area contributed by atoms with Crippen molar-refractivity contribution in [2.45, 2.75) is 31.8 Å². The summed E-state index contributed by atoms with van der Waals surface area (Å²) in [5.74, 6) is 0.855. The van der Waals surface area contributed by atoms with E-state index in [-0.39, 0.29) is 11.8 Å². The van der Waals surface area contributed by atoms with Gasteiger partial charge in [0.15, 0.2) is 0 Å². The Kier molecular flexibility index (Phi) is 5.14. The predicted octanol–water partition coefficient (Wildman–Crippen LogP) is 2.93. The van der Waals surface area contributed by atoms with Crippen LogP contribution in [0.1, 0.15) is 46.4 Å². The lowest BCUT2D eigenvalue weighted by Gasteiger charge is -2.34. The van der Waals surface area contributed by atoms with E-state index in [1.54, 1.807) is 23.4 Å². The quantitative estimate of drug-likeness (QED) is 0.904. The number of nitrogens with zero attached hydrogens (tertiary/aromatic N) is 2. The molecule has 1 saturated heterocycles. The highest BCUT2D eigenvalue weighted by Crippen LogP contribution is 2.24. The largest absolute Gasteiger partial charge is 0.490 e. The van der Waals surface area contributed by atoms with E-state index in [4.69, 9.17) is 4.74 Å². The van der Waals surface area contributed by atoms with E-state index in [1.807, 2.05) is 29.2 Å². The summed E-state index contributed by atoms with van der Waals surface area (Å²) in [4.78, 5) is 31.6. The third-order valence-electron chi connectivity index (χ3n) is 5.41. The highest BCUT2D eigenvalue weighted by atomic mass is 16.5. The van der Waals surface area contributed by atoms with Gasteiger partial charge < -0.3 is 19.5 Å². The topological polar surface area (TPSA) is 65.6 Å². The van der Waals surface area contributed by atoms with Gasteiger partial charge in [0.1, 0.15) is 5.75 Å². The summed E-state index contributed by atoms with van der Waals surface area (Å²) in [6.07, 6.45) is 8.47. The number of hydrogen-bond acceptors (Lipinski definition) is 3. The number of piperazine rings is 1. The standard InChI is InChI=1S/C21H25N3O3/c25-20(16-5-7-19(8-6-16)27-18-3-1-2-4-18)23-11-13-24(14-12-23)21(26)17-9-10-22-15-17/h5-10,15,18,22H,1-4,11-14H2. The summed E-state index contributed by atoms with van der Waals surface area (Å²) in [7, 11) is 0. The fraction of sp³-hybridized carbons (Fsp3) is 0.429. The first-order valence-corrected chi connectivity index (χ1v) is 9.69. The summed E-state index contributed by atoms with van der Waals surface area (Å²) >= 11 is 0. The summed E-state index contributed by atoms with van der Waals surface area (Å²) in [5, 5.41) is 0. The molecule has 2 aromatic rings. The molecule has 27 heavy (non-hydrogen) atoms. The molecule has 0 atom stereocenters. The summed E-state index contributed by atoms with van der Waals surface area (Å²) in [6, 6.07) is 9.22. The monoisotopic (exact) mass is 367 g/mol. The highest BCUT2D eigenvalue weighted by Gasteiger charge is 2.25. The van der Waals surface area contributed by atoms with E-state index < -0.39 is 0 Å². The second-order valence-electron chi connectivity index (χ2n) is 7.23. The summed E-state index contributed by atoms with van der Waals surface area (Å²) in [6.45, 7) is 2.21. The molecule has 1 aromatic carbocycles. The van der Waals surface area contributed by atoms with Gasteiger partial charge in [0, 0.05) is 44.1 Å². The highest BCUT2D eigenvalue weighted by molar-refractivity contribution is 5.96. The molecule has 0 spiro atoms. The van der Waals surface area contributed by atoms with E-state index in [2.05, 4.69) is 4.98 Å². The molecular weight excluding hydrogens is 342 g/mol. The van der Waals surface area contributed by atoms with Crippen LogP contribution >= 0.6 is 0 Å². The van der Waals surface area contributed by atoms with Crippen LogP contribution < -0.4 is 4.74 Å². The van der Waals surface area contributed by atoms with Crippen molar-refractivity contribution in [2.75, 3.05) is 26.2 Å². The van der Waals surface area contributed by atoms with Crippen molar-refractivity contribution >= 4 is 11.8 Å². The Labute approximate surface area is 159 Å². The van der Waals surface area contributed by atoms with E-state index in [9.17, 15) is 9.59 Å². The molecule has 2 fully saturated rings. The average molecular weight is 367 g/mol. The number of carbonyl (C=O) groups is 2. The first-order valence-electron chi connectivity index (χ1n) is 9.69. The van der Waals surface area contributed by atoms with Crippen LogP contribution in [0.15, 0.2) is 42.7 Å². The SMILES string of the molecule is O=C(c1ccc(OC2CCCC2)cc1)N1CCN(C(=O)c2cc[nH]c2)CC1. The van der Waals surface area contributed by atoms with Crippen LogP contribution in [0.25, 0.3) is 0 Å². The zero-order valence-electron chi connectivity index (χ0n) is 15.4. The van der Waals surface area contributed by atoms with Crippen LogP contribution in [0.3, 0.4) is 0 Å². The number of hydrogen-bond donors (Lipinski definition) is 1. The molecule has 0 radical (unpaired) electrons. The molecule has 142 valence electrons. The molecule has 6 nitrogen and oxygen atoms in total. The Morgan fingerprint density at radius 3 is 2.00 bits per heavy atom. The first kappa shape index (κ1) is 17.6. The minimum atomic E-state index is 0.0103. The maximum atomic E-state index is 12.7. The zero-order valence-corrected chi connectivity index (χ0v) is 15.4. The maximum Gasteiger partial charge on any atom is 0.255 e. The molecular formula is C21H25N3O3. The van der Waals surface area contributed by atoms with E-state index in [0.29, 0.717) is 43.4 Å². The molecule has 1 N–H and O–H groups in total. The van der Waals surface area contributed by atoms with Gasteiger partial charge in [0.2, 0.25) is 0 Å². The molecule has 0 bridgehead atoms. The van der Waals surface area contributed by atoms with Gasteiger partial charge in [-0.25, -0.2) is 0 Å². The van der Waals surface area contributed by atoms with Crippen molar-refractivity contribution < 1.29 is 14.3 Å². The second-order valence-corrected chi connectivity index (χ2v) is 7.23. The van der Waals surface area contributed by atoms with Gasteiger partial charge in [-0.05, 0) is 56.0 Å². The van der Waals surface area contributed by atoms with Gasteiger partial charge in [0.25, 0.3) is 11.8 Å². The molecule has 1 aliphatic heterocycles. The van der Waals surface area contributed by atoms with E-state index in [0.717, 1.165) is 18.6 Å². The van der Waals surface area contributed by atoms with Crippen LogP contribution in [-0.2, 0) is 0 Å². The van der Waals surface area contributed by atoms with Crippen molar-refractivity contribution in [2.24, 2.45) is 0 Å². The molecule has 6 heteroatoms. The van der Waals surface area contributed by atoms with Crippen molar-refractivity contribution in [3.63, 3.8) is 0 Å². The Morgan fingerprint density at radius 2 is 1.44 bits per heavy atom. The Hall–Kier alpha value is -2.76. The van der Waals surface area contributed by atoms with Gasteiger partial charge in [-0.2, -0.15) is 0 Å². The fourth-order valence-electron chi connectivity index (χ4n) is 3.81. The van der Waals surface area contributed by atoms with Gasteiger partial charge in [-0.1, -0.05) is 0 Å². The van der Waals surface area contributed by atoms with E-state index in [1.165, 1.54) is 12.8 Å². The lowest BCUT2D eigenvalue weighted by atomic mass is 10.1. The molecule has 1 saturated carbocycles. The molecule has 2 amide bonds. The lowest BCUT2D eigenvalue weighted by Crippen LogP contribution is -2.50. The first-order chi connectivity index (χ1) is 13.2. The van der Waals surface area contributed by atoms with Crippen LogP contribution in [-0.4, -0.2) is 58.9 Å². The van der Waals surface area contributed by atoms with Crippen LogP contribution in [0, 0.1) is 0 Å². The minimum Gasteiger partial charge on any atom is -0.490 e. The number of aromatic nitrogens is 1. The Bertz CT molecular complexity index is 772. The predicted molar refractivity (Wildman–Crippen MR) is 102 cm³/mol. The average Bonchev–Trinajstić information content (AvgIpc) is 3.42. The van der Waals surface area contributed by atoms with Crippen LogP contribution in [0.5, 0.6) is 5.75 Å². The van der Waals surface area contributed by atoms with Crippen molar-refractivity contribution in [1.82, 2.24) is 14.8 Å². The summed E-state index contributed by atoms with van der Waals surface area (Å²) < 4.78 is 5.96. The fourth-order valence-corrected chi connectivity index (χ4v) is 3.81.